The number of hydrogen-bond donors (Lipinski definition) is 1. The Morgan fingerprint density at radius 2 is 1.50 bits per heavy atom. The second-order valence-electron chi connectivity index (χ2n) is 6.21. The molecule has 0 saturated carbocycles. The zero-order valence-corrected chi connectivity index (χ0v) is 16.1. The van der Waals surface area contributed by atoms with E-state index < -0.39 is 0 Å². The Morgan fingerprint density at radius 1 is 0.958 bits per heavy atom. The minimum absolute atomic E-state index is 0. The van der Waals surface area contributed by atoms with Crippen molar-refractivity contribution in [2.45, 2.75) is 32.4 Å². The number of amides is 2. The van der Waals surface area contributed by atoms with Gasteiger partial charge in [0.15, 0.2) is 0 Å². The Kier molecular flexibility index (Phi) is 10.8. The third kappa shape index (κ3) is 6.37. The lowest BCUT2D eigenvalue weighted by Crippen LogP contribution is -2.56. The Balaban J connectivity index is 0.00000264. The predicted octanol–water partition coefficient (Wildman–Crippen LogP) is -0.0412. The van der Waals surface area contributed by atoms with Gasteiger partial charge >= 0.3 is 0 Å². The predicted molar refractivity (Wildman–Crippen MR) is 97.8 cm³/mol. The third-order valence-corrected chi connectivity index (χ3v) is 4.39. The van der Waals surface area contributed by atoms with E-state index in [1.165, 1.54) is 0 Å². The van der Waals surface area contributed by atoms with Crippen LogP contribution in [0.4, 0.5) is 0 Å². The number of piperazine rings is 1. The summed E-state index contributed by atoms with van der Waals surface area (Å²) in [7, 11) is 0. The highest BCUT2D eigenvalue weighted by molar-refractivity contribution is 5.85. The van der Waals surface area contributed by atoms with Gasteiger partial charge in [0.1, 0.15) is 0 Å². The van der Waals surface area contributed by atoms with Gasteiger partial charge in [-0.2, -0.15) is 0 Å². The number of carbonyl (C=O) groups excluding carboxylic acids is 2. The van der Waals surface area contributed by atoms with Gasteiger partial charge in [-0.15, -0.1) is 24.8 Å². The van der Waals surface area contributed by atoms with E-state index in [9.17, 15) is 9.59 Å². The lowest BCUT2D eigenvalue weighted by Gasteiger charge is -2.39. The molecule has 7 nitrogen and oxygen atoms in total. The lowest BCUT2D eigenvalue weighted by molar-refractivity contribution is -0.142. The first-order chi connectivity index (χ1) is 10.5. The van der Waals surface area contributed by atoms with Gasteiger partial charge in [-0.05, 0) is 13.8 Å². The van der Waals surface area contributed by atoms with E-state index in [-0.39, 0.29) is 48.7 Å². The van der Waals surface area contributed by atoms with Crippen LogP contribution in [0.1, 0.15) is 20.3 Å². The summed E-state index contributed by atoms with van der Waals surface area (Å²) in [5.74, 6) is 0.278. The second kappa shape index (κ2) is 11.1. The second-order valence-corrected chi connectivity index (χ2v) is 6.21. The first-order valence-electron chi connectivity index (χ1n) is 8.13. The Bertz CT molecular complexity index is 398. The topological polar surface area (TPSA) is 79.1 Å². The molecule has 2 aliphatic heterocycles. The van der Waals surface area contributed by atoms with Crippen LogP contribution in [-0.4, -0.2) is 91.1 Å². The molecule has 2 atom stereocenters. The van der Waals surface area contributed by atoms with E-state index in [0.29, 0.717) is 45.8 Å². The van der Waals surface area contributed by atoms with Crippen molar-refractivity contribution in [2.75, 3.05) is 52.5 Å². The maximum Gasteiger partial charge on any atom is 0.239 e. The number of ether oxygens (including phenoxy) is 1. The van der Waals surface area contributed by atoms with E-state index in [4.69, 9.17) is 10.5 Å². The molecule has 24 heavy (non-hydrogen) atoms. The minimum Gasteiger partial charge on any atom is -0.378 e. The van der Waals surface area contributed by atoms with Crippen molar-refractivity contribution >= 4 is 36.6 Å². The molecule has 0 spiro atoms. The summed E-state index contributed by atoms with van der Waals surface area (Å²) < 4.78 is 5.29. The van der Waals surface area contributed by atoms with Gasteiger partial charge in [-0.1, -0.05) is 0 Å². The Labute approximate surface area is 156 Å². The number of carbonyl (C=O) groups is 2. The van der Waals surface area contributed by atoms with Crippen molar-refractivity contribution in [2.24, 2.45) is 5.73 Å². The van der Waals surface area contributed by atoms with Crippen LogP contribution in [0.5, 0.6) is 0 Å². The molecule has 0 radical (unpaired) electrons. The highest BCUT2D eigenvalue weighted by Gasteiger charge is 2.30. The molecule has 9 heteroatoms. The number of morpholine rings is 1. The average molecular weight is 385 g/mol. The van der Waals surface area contributed by atoms with Crippen molar-refractivity contribution in [1.29, 1.82) is 0 Å². The molecule has 2 saturated heterocycles. The van der Waals surface area contributed by atoms with Crippen LogP contribution in [0, 0.1) is 0 Å². The highest BCUT2D eigenvalue weighted by atomic mass is 35.5. The SMILES string of the molecule is CC(N)CC(=O)N1CCN(C(C)C(=O)N2CCOCC2)CC1.Cl.Cl. The molecule has 0 bridgehead atoms. The molecule has 0 aliphatic carbocycles. The monoisotopic (exact) mass is 384 g/mol. The molecular formula is C15H30Cl2N4O3. The van der Waals surface area contributed by atoms with Crippen molar-refractivity contribution in [3.8, 4) is 0 Å². The molecule has 2 aliphatic rings. The van der Waals surface area contributed by atoms with Crippen LogP contribution < -0.4 is 5.73 Å². The van der Waals surface area contributed by atoms with Gasteiger partial charge in [0, 0.05) is 51.7 Å². The molecule has 2 heterocycles. The minimum atomic E-state index is -0.135. The van der Waals surface area contributed by atoms with Crippen LogP contribution in [0.2, 0.25) is 0 Å². The number of halogens is 2. The molecule has 2 rings (SSSR count). The summed E-state index contributed by atoms with van der Waals surface area (Å²) in [6.45, 7) is 9.22. The summed E-state index contributed by atoms with van der Waals surface area (Å²) in [6, 6.07) is -0.240. The number of nitrogens with two attached hydrogens (primary N) is 1. The maximum absolute atomic E-state index is 12.5. The van der Waals surface area contributed by atoms with Crippen molar-refractivity contribution in [1.82, 2.24) is 14.7 Å². The van der Waals surface area contributed by atoms with Gasteiger partial charge in [-0.25, -0.2) is 0 Å². The molecule has 0 aromatic heterocycles. The normalized spacial score (nSPS) is 21.3. The fourth-order valence-corrected chi connectivity index (χ4v) is 2.97. The number of hydrogen-bond acceptors (Lipinski definition) is 5. The molecule has 2 fully saturated rings. The van der Waals surface area contributed by atoms with E-state index in [1.54, 1.807) is 0 Å². The summed E-state index contributed by atoms with van der Waals surface area (Å²) in [4.78, 5) is 30.4. The summed E-state index contributed by atoms with van der Waals surface area (Å²) >= 11 is 0. The molecule has 2 amide bonds. The van der Waals surface area contributed by atoms with E-state index in [0.717, 1.165) is 13.1 Å². The zero-order chi connectivity index (χ0) is 16.1. The smallest absolute Gasteiger partial charge is 0.239 e. The van der Waals surface area contributed by atoms with Crippen LogP contribution >= 0.6 is 24.8 Å². The highest BCUT2D eigenvalue weighted by Crippen LogP contribution is 2.11. The van der Waals surface area contributed by atoms with Crippen molar-refractivity contribution in [3.05, 3.63) is 0 Å². The standard InChI is InChI=1S/C15H28N4O3.2ClH/c1-12(16)11-14(20)18-5-3-17(4-6-18)13(2)15(21)19-7-9-22-10-8-19;;/h12-13H,3-11,16H2,1-2H3;2*1H. The molecule has 0 aromatic rings. The van der Waals surface area contributed by atoms with Gasteiger partial charge in [0.25, 0.3) is 0 Å². The third-order valence-electron chi connectivity index (χ3n) is 4.39. The summed E-state index contributed by atoms with van der Waals surface area (Å²) in [6.07, 6.45) is 0.391. The van der Waals surface area contributed by atoms with Gasteiger partial charge in [0.05, 0.1) is 19.3 Å². The molecule has 0 aromatic carbocycles. The number of rotatable bonds is 4. The van der Waals surface area contributed by atoms with Crippen LogP contribution in [0.15, 0.2) is 0 Å². The van der Waals surface area contributed by atoms with Crippen LogP contribution in [0.3, 0.4) is 0 Å². The quantitative estimate of drug-likeness (QED) is 0.735. The molecule has 142 valence electrons. The number of nitrogens with zero attached hydrogens (tertiary/aromatic N) is 3. The largest absolute Gasteiger partial charge is 0.378 e. The van der Waals surface area contributed by atoms with Crippen molar-refractivity contribution in [3.63, 3.8) is 0 Å². The van der Waals surface area contributed by atoms with Crippen LogP contribution in [-0.2, 0) is 14.3 Å². The van der Waals surface area contributed by atoms with E-state index in [2.05, 4.69) is 4.90 Å². The van der Waals surface area contributed by atoms with Crippen molar-refractivity contribution < 1.29 is 14.3 Å². The van der Waals surface area contributed by atoms with Gasteiger partial charge in [-0.3, -0.25) is 14.5 Å². The Morgan fingerprint density at radius 3 is 2.00 bits per heavy atom. The van der Waals surface area contributed by atoms with Gasteiger partial charge in [0.2, 0.25) is 11.8 Å². The fraction of sp³-hybridized carbons (Fsp3) is 0.867. The van der Waals surface area contributed by atoms with E-state index >= 15 is 0 Å². The summed E-state index contributed by atoms with van der Waals surface area (Å²) in [5, 5.41) is 0. The maximum atomic E-state index is 12.5. The summed E-state index contributed by atoms with van der Waals surface area (Å²) in [5.41, 5.74) is 5.68. The van der Waals surface area contributed by atoms with Gasteiger partial charge < -0.3 is 20.3 Å². The fourth-order valence-electron chi connectivity index (χ4n) is 2.97. The molecule has 2 unspecified atom stereocenters. The first kappa shape index (κ1) is 23.4. The zero-order valence-electron chi connectivity index (χ0n) is 14.5. The van der Waals surface area contributed by atoms with E-state index in [1.807, 2.05) is 23.6 Å². The molecular weight excluding hydrogens is 355 g/mol. The molecule has 2 N–H and O–H groups in total. The first-order valence-corrected chi connectivity index (χ1v) is 8.13. The average Bonchev–Trinajstić information content (AvgIpc) is 2.54. The lowest BCUT2D eigenvalue weighted by atomic mass is 10.1. The van der Waals surface area contributed by atoms with Crippen LogP contribution in [0.25, 0.3) is 0 Å². The Hall–Kier alpha value is -0.600.